The van der Waals surface area contributed by atoms with E-state index in [1.165, 1.54) is 11.7 Å². The second-order valence-corrected chi connectivity index (χ2v) is 7.27. The minimum atomic E-state index is -0.706. The molecular weight excluding hydrogens is 398 g/mol. The number of pyridine rings is 1. The van der Waals surface area contributed by atoms with Crippen LogP contribution in [0.3, 0.4) is 0 Å². The Balaban J connectivity index is 2.00. The molecule has 0 fully saturated rings. The van der Waals surface area contributed by atoms with Gasteiger partial charge >= 0.3 is 5.97 Å². The molecule has 0 aliphatic heterocycles. The maximum absolute atomic E-state index is 13.0. The van der Waals surface area contributed by atoms with E-state index in [0.29, 0.717) is 23.1 Å². The van der Waals surface area contributed by atoms with E-state index in [1.54, 1.807) is 43.3 Å². The molecule has 3 aromatic rings. The summed E-state index contributed by atoms with van der Waals surface area (Å²) in [7, 11) is 5.05. The average Bonchev–Trinajstić information content (AvgIpc) is 2.75. The van der Waals surface area contributed by atoms with Crippen LogP contribution in [0.4, 0.5) is 11.4 Å². The standard InChI is InChI=1S/C23H25N3O5/c1-5-26-18-11-10-16(25(2)3)13-17(18)21(28)20(23(26)30)22(29)24-15-8-6-14(7-9-15)12-19(27)31-4/h6-11,13,28H,5,12H2,1-4H3,(H,24,29). The van der Waals surface area contributed by atoms with Gasteiger partial charge in [0.2, 0.25) is 0 Å². The molecule has 1 amide bonds. The number of amides is 1. The number of aromatic nitrogens is 1. The van der Waals surface area contributed by atoms with Crippen LogP contribution >= 0.6 is 0 Å². The number of aromatic hydroxyl groups is 1. The van der Waals surface area contributed by atoms with Gasteiger partial charge in [-0.25, -0.2) is 0 Å². The zero-order valence-electron chi connectivity index (χ0n) is 17.9. The summed E-state index contributed by atoms with van der Waals surface area (Å²) in [5.74, 6) is -1.43. The number of methoxy groups -OCH3 is 1. The highest BCUT2D eigenvalue weighted by molar-refractivity contribution is 6.09. The molecule has 1 heterocycles. The normalized spacial score (nSPS) is 10.7. The monoisotopic (exact) mass is 423 g/mol. The Labute approximate surface area is 179 Å². The molecule has 8 heteroatoms. The van der Waals surface area contributed by atoms with Crippen molar-refractivity contribution in [2.75, 3.05) is 31.4 Å². The van der Waals surface area contributed by atoms with Crippen molar-refractivity contribution in [3.63, 3.8) is 0 Å². The predicted octanol–water partition coefficient (Wildman–Crippen LogP) is 2.76. The smallest absolute Gasteiger partial charge is 0.309 e. The SMILES string of the molecule is CCn1c(=O)c(C(=O)Nc2ccc(CC(=O)OC)cc2)c(O)c2cc(N(C)C)ccc21. The molecule has 2 aromatic carbocycles. The van der Waals surface area contributed by atoms with Crippen molar-refractivity contribution >= 4 is 34.2 Å². The zero-order chi connectivity index (χ0) is 22.7. The number of aryl methyl sites for hydroxylation is 1. The molecule has 0 spiro atoms. The Bertz CT molecular complexity index is 1200. The van der Waals surface area contributed by atoms with Crippen LogP contribution in [0.5, 0.6) is 5.75 Å². The Hall–Kier alpha value is -3.81. The highest BCUT2D eigenvalue weighted by Crippen LogP contribution is 2.30. The topological polar surface area (TPSA) is 101 Å². The molecule has 162 valence electrons. The number of carbonyl (C=O) groups is 2. The molecule has 0 unspecified atom stereocenters. The number of carbonyl (C=O) groups excluding carboxylic acids is 2. The third-order valence-corrected chi connectivity index (χ3v) is 5.07. The third-order valence-electron chi connectivity index (χ3n) is 5.07. The number of anilines is 2. The first-order valence-electron chi connectivity index (χ1n) is 9.80. The lowest BCUT2D eigenvalue weighted by molar-refractivity contribution is -0.139. The van der Waals surface area contributed by atoms with Gasteiger partial charge in [0.1, 0.15) is 11.3 Å². The second-order valence-electron chi connectivity index (χ2n) is 7.27. The van der Waals surface area contributed by atoms with E-state index in [1.807, 2.05) is 25.1 Å². The number of esters is 1. The molecule has 3 rings (SSSR count). The fourth-order valence-electron chi connectivity index (χ4n) is 3.36. The molecule has 0 atom stereocenters. The Kier molecular flexibility index (Phi) is 6.29. The number of nitrogens with zero attached hydrogens (tertiary/aromatic N) is 2. The summed E-state index contributed by atoms with van der Waals surface area (Å²) in [6.07, 6.45) is 0.117. The van der Waals surface area contributed by atoms with Gasteiger partial charge in [0.15, 0.2) is 0 Å². The fraction of sp³-hybridized carbons (Fsp3) is 0.261. The van der Waals surface area contributed by atoms with Crippen LogP contribution in [-0.4, -0.2) is 42.8 Å². The first-order chi connectivity index (χ1) is 14.8. The number of nitrogens with one attached hydrogen (secondary N) is 1. The molecule has 2 N–H and O–H groups in total. The van der Waals surface area contributed by atoms with Gasteiger partial charge < -0.3 is 24.6 Å². The molecule has 0 bridgehead atoms. The van der Waals surface area contributed by atoms with Gasteiger partial charge in [-0.15, -0.1) is 0 Å². The van der Waals surface area contributed by atoms with Gasteiger partial charge in [0.25, 0.3) is 11.5 Å². The summed E-state index contributed by atoms with van der Waals surface area (Å²) in [4.78, 5) is 39.1. The van der Waals surface area contributed by atoms with Crippen LogP contribution < -0.4 is 15.8 Å². The lowest BCUT2D eigenvalue weighted by atomic mass is 10.1. The minimum absolute atomic E-state index is 0.117. The molecule has 31 heavy (non-hydrogen) atoms. The molecule has 0 saturated heterocycles. The zero-order valence-corrected chi connectivity index (χ0v) is 17.9. The summed E-state index contributed by atoms with van der Waals surface area (Å²) < 4.78 is 6.10. The lowest BCUT2D eigenvalue weighted by Gasteiger charge is -2.17. The molecule has 1 aromatic heterocycles. The number of hydrogen-bond acceptors (Lipinski definition) is 6. The van der Waals surface area contributed by atoms with Gasteiger partial charge in [-0.05, 0) is 42.8 Å². The maximum atomic E-state index is 13.0. The Morgan fingerprint density at radius 1 is 1.13 bits per heavy atom. The van der Waals surface area contributed by atoms with Crippen LogP contribution in [0.25, 0.3) is 10.9 Å². The first-order valence-corrected chi connectivity index (χ1v) is 9.80. The number of rotatable bonds is 6. The van der Waals surface area contributed by atoms with Crippen LogP contribution in [0, 0.1) is 0 Å². The van der Waals surface area contributed by atoms with Gasteiger partial charge in [-0.1, -0.05) is 12.1 Å². The molecule has 8 nitrogen and oxygen atoms in total. The summed E-state index contributed by atoms with van der Waals surface area (Å²) in [5.41, 5.74) is 1.66. The van der Waals surface area contributed by atoms with Crippen molar-refractivity contribution in [2.24, 2.45) is 0 Å². The van der Waals surface area contributed by atoms with E-state index >= 15 is 0 Å². The number of ether oxygens (including phenoxy) is 1. The summed E-state index contributed by atoms with van der Waals surface area (Å²) in [6.45, 7) is 2.15. The minimum Gasteiger partial charge on any atom is -0.506 e. The fourth-order valence-corrected chi connectivity index (χ4v) is 3.36. The Morgan fingerprint density at radius 3 is 2.39 bits per heavy atom. The van der Waals surface area contributed by atoms with E-state index in [2.05, 4.69) is 10.1 Å². The quantitative estimate of drug-likeness (QED) is 0.592. The van der Waals surface area contributed by atoms with E-state index in [0.717, 1.165) is 11.3 Å². The van der Waals surface area contributed by atoms with Gasteiger partial charge in [0, 0.05) is 37.4 Å². The van der Waals surface area contributed by atoms with Gasteiger partial charge in [-0.3, -0.25) is 14.4 Å². The van der Waals surface area contributed by atoms with Crippen LogP contribution in [0.2, 0.25) is 0 Å². The number of hydrogen-bond donors (Lipinski definition) is 2. The van der Waals surface area contributed by atoms with E-state index < -0.39 is 11.5 Å². The maximum Gasteiger partial charge on any atom is 0.309 e. The van der Waals surface area contributed by atoms with Crippen LogP contribution in [-0.2, 0) is 22.5 Å². The Morgan fingerprint density at radius 2 is 1.81 bits per heavy atom. The molecule has 0 aliphatic rings. The second kappa shape index (κ2) is 8.91. The van der Waals surface area contributed by atoms with Crippen molar-refractivity contribution < 1.29 is 19.4 Å². The van der Waals surface area contributed by atoms with Crippen molar-refractivity contribution in [1.82, 2.24) is 4.57 Å². The highest BCUT2D eigenvalue weighted by Gasteiger charge is 2.22. The van der Waals surface area contributed by atoms with E-state index in [4.69, 9.17) is 0 Å². The summed E-state index contributed by atoms with van der Waals surface area (Å²) in [5, 5.41) is 13.9. The van der Waals surface area contributed by atoms with Crippen LogP contribution in [0.1, 0.15) is 22.8 Å². The molecule has 0 saturated carbocycles. The molecule has 0 radical (unpaired) electrons. The van der Waals surface area contributed by atoms with Gasteiger partial charge in [0.05, 0.1) is 19.0 Å². The first kappa shape index (κ1) is 21.9. The average molecular weight is 423 g/mol. The summed E-state index contributed by atoms with van der Waals surface area (Å²) in [6, 6.07) is 12.0. The van der Waals surface area contributed by atoms with E-state index in [9.17, 15) is 19.5 Å². The predicted molar refractivity (Wildman–Crippen MR) is 120 cm³/mol. The third kappa shape index (κ3) is 4.37. The summed E-state index contributed by atoms with van der Waals surface area (Å²) >= 11 is 0. The van der Waals surface area contributed by atoms with Crippen LogP contribution in [0.15, 0.2) is 47.3 Å². The lowest BCUT2D eigenvalue weighted by Crippen LogP contribution is -2.29. The van der Waals surface area contributed by atoms with Gasteiger partial charge in [-0.2, -0.15) is 0 Å². The highest BCUT2D eigenvalue weighted by atomic mass is 16.5. The van der Waals surface area contributed by atoms with Crippen molar-refractivity contribution in [3.05, 3.63) is 63.9 Å². The van der Waals surface area contributed by atoms with Crippen molar-refractivity contribution in [2.45, 2.75) is 19.9 Å². The van der Waals surface area contributed by atoms with Crippen molar-refractivity contribution in [3.8, 4) is 5.75 Å². The molecular formula is C23H25N3O5. The largest absolute Gasteiger partial charge is 0.506 e. The molecule has 0 aliphatic carbocycles. The number of benzene rings is 2. The number of fused-ring (bicyclic) bond motifs is 1. The van der Waals surface area contributed by atoms with Crippen molar-refractivity contribution in [1.29, 1.82) is 0 Å². The van der Waals surface area contributed by atoms with E-state index in [-0.39, 0.29) is 23.7 Å².